The molecule has 0 saturated carbocycles. The monoisotopic (exact) mass is 300 g/mol. The zero-order valence-corrected chi connectivity index (χ0v) is 12.1. The molecule has 1 aromatic rings. The number of rotatable bonds is 6. The molecule has 8 heteroatoms. The van der Waals surface area contributed by atoms with E-state index in [1.165, 1.54) is 0 Å². The maximum absolute atomic E-state index is 13.0. The zero-order valence-electron chi connectivity index (χ0n) is 11.3. The molecule has 0 aromatic heterocycles. The molecular weight excluding hydrogens is 283 g/mol. The van der Waals surface area contributed by atoms with E-state index in [-0.39, 0.29) is 13.2 Å². The fourth-order valence-electron chi connectivity index (χ4n) is 2.26. The van der Waals surface area contributed by atoms with E-state index in [2.05, 4.69) is 5.32 Å². The Kier molecular flexibility index (Phi) is 4.27. The first kappa shape index (κ1) is 15.2. The van der Waals surface area contributed by atoms with E-state index in [9.17, 15) is 14.6 Å². The lowest BCUT2D eigenvalue weighted by atomic mass is 10.1. The topological polar surface area (TPSA) is 96.9 Å². The van der Waals surface area contributed by atoms with Crippen LogP contribution < -0.4 is 10.8 Å². The molecule has 0 fully saturated rings. The summed E-state index contributed by atoms with van der Waals surface area (Å²) in [5.74, 6) is -0.675. The van der Waals surface area contributed by atoms with Crippen molar-refractivity contribution < 1.29 is 23.6 Å². The van der Waals surface area contributed by atoms with E-state index in [4.69, 9.17) is 9.05 Å². The van der Waals surface area contributed by atoms with Gasteiger partial charge in [0.1, 0.15) is 0 Å². The second-order valence-electron chi connectivity index (χ2n) is 4.15. The van der Waals surface area contributed by atoms with Gasteiger partial charge in [0, 0.05) is 11.3 Å². The van der Waals surface area contributed by atoms with Crippen LogP contribution in [-0.2, 0) is 23.7 Å². The van der Waals surface area contributed by atoms with Crippen molar-refractivity contribution in [3.05, 3.63) is 29.8 Å². The number of carbonyl (C=O) groups excluding carboxylic acids is 1. The standard InChI is InChI=1S/C12H17N2O5P/c1-3-18-20(17,19-4-2)12(14-16)9-7-5-6-8-10(9)13-11(12)15/h5-8,14,16H,3-4H2,1-2H3,(H,13,15). The zero-order chi connectivity index (χ0) is 14.8. The second kappa shape index (κ2) is 5.63. The van der Waals surface area contributed by atoms with Crippen LogP contribution in [0, 0.1) is 0 Å². The maximum atomic E-state index is 13.0. The summed E-state index contributed by atoms with van der Waals surface area (Å²) in [5.41, 5.74) is 2.66. The summed E-state index contributed by atoms with van der Waals surface area (Å²) in [6, 6.07) is 6.63. The quantitative estimate of drug-likeness (QED) is 0.549. The van der Waals surface area contributed by atoms with E-state index in [0.717, 1.165) is 0 Å². The van der Waals surface area contributed by atoms with Gasteiger partial charge in [-0.3, -0.25) is 9.36 Å². The highest BCUT2D eigenvalue weighted by Crippen LogP contribution is 2.66. The maximum Gasteiger partial charge on any atom is 0.367 e. The number of amides is 1. The highest BCUT2D eigenvalue weighted by atomic mass is 31.2. The SMILES string of the molecule is CCOP(=O)(OCC)C1(NO)C(=O)Nc2ccccc21. The third-order valence-electron chi connectivity index (χ3n) is 3.06. The van der Waals surface area contributed by atoms with Crippen molar-refractivity contribution in [1.29, 1.82) is 0 Å². The lowest BCUT2D eigenvalue weighted by Gasteiger charge is -2.32. The number of carbonyl (C=O) groups is 1. The van der Waals surface area contributed by atoms with Crippen LogP contribution in [0.15, 0.2) is 24.3 Å². The number of benzene rings is 1. The number of hydrogen-bond acceptors (Lipinski definition) is 6. The van der Waals surface area contributed by atoms with Gasteiger partial charge in [-0.2, -0.15) is 5.48 Å². The Labute approximate surface area is 116 Å². The molecule has 1 heterocycles. The molecule has 1 atom stereocenters. The van der Waals surface area contributed by atoms with Crippen LogP contribution >= 0.6 is 7.60 Å². The lowest BCUT2D eigenvalue weighted by Crippen LogP contribution is -2.47. The summed E-state index contributed by atoms with van der Waals surface area (Å²) in [6.45, 7) is 3.43. The molecule has 0 radical (unpaired) electrons. The van der Waals surface area contributed by atoms with E-state index >= 15 is 0 Å². The number of anilines is 1. The number of fused-ring (bicyclic) bond motifs is 1. The Morgan fingerprint density at radius 2 is 1.90 bits per heavy atom. The summed E-state index contributed by atoms with van der Waals surface area (Å²) in [6.07, 6.45) is 0. The Morgan fingerprint density at radius 1 is 1.30 bits per heavy atom. The number of nitrogens with one attached hydrogen (secondary N) is 2. The summed E-state index contributed by atoms with van der Waals surface area (Å²) in [5, 5.41) is 10.2. The van der Waals surface area contributed by atoms with E-state index in [1.54, 1.807) is 38.1 Å². The number of hydroxylamine groups is 1. The van der Waals surface area contributed by atoms with Gasteiger partial charge in [-0.25, -0.2) is 0 Å². The molecule has 20 heavy (non-hydrogen) atoms. The van der Waals surface area contributed by atoms with Crippen molar-refractivity contribution in [3.8, 4) is 0 Å². The van der Waals surface area contributed by atoms with Crippen LogP contribution in [0.1, 0.15) is 19.4 Å². The molecule has 0 aliphatic carbocycles. The molecule has 0 spiro atoms. The van der Waals surface area contributed by atoms with Gasteiger partial charge in [0.05, 0.1) is 13.2 Å². The van der Waals surface area contributed by atoms with E-state index < -0.39 is 18.8 Å². The Morgan fingerprint density at radius 3 is 2.45 bits per heavy atom. The molecule has 1 aliphatic rings. The van der Waals surface area contributed by atoms with Gasteiger partial charge >= 0.3 is 7.60 Å². The Hall–Kier alpha value is -1.24. The van der Waals surface area contributed by atoms with Crippen LogP contribution in [0.3, 0.4) is 0 Å². The first-order valence-corrected chi connectivity index (χ1v) is 7.81. The van der Waals surface area contributed by atoms with Crippen molar-refractivity contribution >= 4 is 19.2 Å². The van der Waals surface area contributed by atoms with Gasteiger partial charge in [0.2, 0.25) is 5.28 Å². The van der Waals surface area contributed by atoms with E-state index in [0.29, 0.717) is 11.3 Å². The molecule has 3 N–H and O–H groups in total. The van der Waals surface area contributed by atoms with Gasteiger partial charge in [-0.1, -0.05) is 18.2 Å². The van der Waals surface area contributed by atoms with Gasteiger partial charge < -0.3 is 19.6 Å². The summed E-state index contributed by atoms with van der Waals surface area (Å²) in [4.78, 5) is 12.3. The molecule has 1 unspecified atom stereocenters. The Bertz CT molecular complexity index is 555. The Balaban J connectivity index is 2.64. The first-order valence-electron chi connectivity index (χ1n) is 6.27. The predicted molar refractivity (Wildman–Crippen MR) is 72.5 cm³/mol. The molecule has 1 aliphatic heterocycles. The summed E-state index contributed by atoms with van der Waals surface area (Å²) >= 11 is 0. The molecule has 1 aromatic carbocycles. The lowest BCUT2D eigenvalue weighted by molar-refractivity contribution is -0.123. The van der Waals surface area contributed by atoms with Crippen molar-refractivity contribution in [2.24, 2.45) is 0 Å². The largest absolute Gasteiger partial charge is 0.367 e. The first-order chi connectivity index (χ1) is 9.55. The van der Waals surface area contributed by atoms with Crippen LogP contribution in [0.25, 0.3) is 0 Å². The third-order valence-corrected chi connectivity index (χ3v) is 5.63. The molecule has 7 nitrogen and oxygen atoms in total. The van der Waals surface area contributed by atoms with Crippen molar-refractivity contribution in [2.45, 2.75) is 19.1 Å². The van der Waals surface area contributed by atoms with Gasteiger partial charge in [-0.15, -0.1) is 0 Å². The molecule has 0 saturated heterocycles. The normalized spacial score (nSPS) is 21.6. The molecule has 1 amide bonds. The molecule has 2 rings (SSSR count). The second-order valence-corrected chi connectivity index (χ2v) is 6.34. The van der Waals surface area contributed by atoms with Crippen molar-refractivity contribution in [2.75, 3.05) is 18.5 Å². The average Bonchev–Trinajstić information content (AvgIpc) is 2.72. The predicted octanol–water partition coefficient (Wildman–Crippen LogP) is 2.04. The van der Waals surface area contributed by atoms with E-state index in [1.807, 2.05) is 5.48 Å². The smallest absolute Gasteiger partial charge is 0.323 e. The summed E-state index contributed by atoms with van der Waals surface area (Å²) < 4.78 is 23.5. The fraction of sp³-hybridized carbons (Fsp3) is 0.417. The van der Waals surface area contributed by atoms with Gasteiger partial charge in [0.25, 0.3) is 5.91 Å². The van der Waals surface area contributed by atoms with Gasteiger partial charge in [0.15, 0.2) is 0 Å². The fourth-order valence-corrected chi connectivity index (χ4v) is 4.32. The minimum Gasteiger partial charge on any atom is -0.323 e. The molecular formula is C12H17N2O5P. The van der Waals surface area contributed by atoms with Gasteiger partial charge in [-0.05, 0) is 19.9 Å². The number of para-hydroxylation sites is 1. The minimum absolute atomic E-state index is 0.0795. The molecule has 0 bridgehead atoms. The van der Waals surface area contributed by atoms with Crippen LogP contribution in [0.2, 0.25) is 0 Å². The molecule has 110 valence electrons. The number of hydrogen-bond donors (Lipinski definition) is 3. The highest BCUT2D eigenvalue weighted by Gasteiger charge is 2.62. The van der Waals surface area contributed by atoms with Crippen molar-refractivity contribution in [1.82, 2.24) is 5.48 Å². The summed E-state index contributed by atoms with van der Waals surface area (Å²) in [7, 11) is -3.96. The average molecular weight is 300 g/mol. The minimum atomic E-state index is -3.96. The van der Waals surface area contributed by atoms with Crippen LogP contribution in [-0.4, -0.2) is 24.3 Å². The van der Waals surface area contributed by atoms with Crippen molar-refractivity contribution in [3.63, 3.8) is 0 Å². The van der Waals surface area contributed by atoms with Crippen LogP contribution in [0.4, 0.5) is 5.69 Å². The van der Waals surface area contributed by atoms with Crippen LogP contribution in [0.5, 0.6) is 0 Å². The third kappa shape index (κ3) is 1.99. The highest BCUT2D eigenvalue weighted by molar-refractivity contribution is 7.56.